The number of hydrogen-bond donors (Lipinski definition) is 1. The van der Waals surface area contributed by atoms with Crippen molar-refractivity contribution in [3.63, 3.8) is 0 Å². The van der Waals surface area contributed by atoms with Crippen LogP contribution >= 0.6 is 0 Å². The summed E-state index contributed by atoms with van der Waals surface area (Å²) in [6.07, 6.45) is 8.43. The van der Waals surface area contributed by atoms with Crippen molar-refractivity contribution in [1.82, 2.24) is 9.71 Å². The molecular formula is C25H35N3O3S. The van der Waals surface area contributed by atoms with Gasteiger partial charge in [-0.3, -0.25) is 0 Å². The Morgan fingerprint density at radius 2 is 1.91 bits per heavy atom. The summed E-state index contributed by atoms with van der Waals surface area (Å²) in [5, 5.41) is 0. The van der Waals surface area contributed by atoms with Gasteiger partial charge in [0.15, 0.2) is 0 Å². The molecule has 0 radical (unpaired) electrons. The zero-order valence-electron chi connectivity index (χ0n) is 19.1. The summed E-state index contributed by atoms with van der Waals surface area (Å²) < 4.78 is 33.1. The van der Waals surface area contributed by atoms with Gasteiger partial charge >= 0.3 is 0 Å². The molecule has 1 aliphatic carbocycles. The summed E-state index contributed by atoms with van der Waals surface area (Å²) in [5.41, 5.74) is 2.76. The molecule has 0 bridgehead atoms. The number of anilines is 1. The zero-order chi connectivity index (χ0) is 22.6. The molecule has 2 atom stereocenters. The van der Waals surface area contributed by atoms with Crippen LogP contribution in [0.3, 0.4) is 0 Å². The molecule has 1 aromatic heterocycles. The fourth-order valence-corrected chi connectivity index (χ4v) is 5.99. The number of nitrogens with one attached hydrogen (secondary N) is 1. The SMILES string of the molecule is Cc1cccc(C2CCC(OCC3CN(c4ccccn4)CC[C@@H]3NS(C)(=O)=O)CC2)c1. The van der Waals surface area contributed by atoms with Crippen LogP contribution in [0.5, 0.6) is 0 Å². The molecule has 2 aliphatic rings. The fourth-order valence-electron chi connectivity index (χ4n) is 5.13. The van der Waals surface area contributed by atoms with Crippen LogP contribution in [0.4, 0.5) is 5.82 Å². The number of benzene rings is 1. The van der Waals surface area contributed by atoms with Gasteiger partial charge in [-0.05, 0) is 62.6 Å². The Morgan fingerprint density at radius 3 is 2.59 bits per heavy atom. The van der Waals surface area contributed by atoms with Crippen molar-refractivity contribution in [1.29, 1.82) is 0 Å². The second-order valence-electron chi connectivity index (χ2n) is 9.40. The van der Waals surface area contributed by atoms with Gasteiger partial charge in [0.2, 0.25) is 10.0 Å². The van der Waals surface area contributed by atoms with E-state index in [2.05, 4.69) is 45.8 Å². The molecule has 1 aliphatic heterocycles. The summed E-state index contributed by atoms with van der Waals surface area (Å²) in [6.45, 7) is 4.24. The maximum atomic E-state index is 11.9. The lowest BCUT2D eigenvalue weighted by atomic mass is 9.82. The van der Waals surface area contributed by atoms with Gasteiger partial charge in [0.1, 0.15) is 5.82 Å². The van der Waals surface area contributed by atoms with E-state index < -0.39 is 10.0 Å². The third-order valence-corrected chi connectivity index (χ3v) is 7.54. The number of ether oxygens (including phenoxy) is 1. The molecule has 4 rings (SSSR count). The molecule has 2 aromatic rings. The van der Waals surface area contributed by atoms with E-state index in [0.717, 1.165) is 51.0 Å². The molecular weight excluding hydrogens is 422 g/mol. The first-order valence-electron chi connectivity index (χ1n) is 11.7. The van der Waals surface area contributed by atoms with Gasteiger partial charge in [0.05, 0.1) is 19.0 Å². The molecule has 174 valence electrons. The highest BCUT2D eigenvalue weighted by molar-refractivity contribution is 7.88. The third kappa shape index (κ3) is 6.30. The first-order valence-corrected chi connectivity index (χ1v) is 13.6. The standard InChI is InChI=1S/C25H35N3O3S/c1-19-6-5-7-21(16-19)20-9-11-23(12-10-20)31-18-22-17-28(25-8-3-4-14-26-25)15-13-24(22)27-32(2,29)30/h3-8,14,16,20,22-24,27H,9-13,15,17-18H2,1-2H3/t20?,22?,23?,24-/m0/s1. The van der Waals surface area contributed by atoms with E-state index in [1.54, 1.807) is 6.20 Å². The summed E-state index contributed by atoms with van der Waals surface area (Å²) in [5.74, 6) is 1.65. The molecule has 1 unspecified atom stereocenters. The van der Waals surface area contributed by atoms with Gasteiger partial charge in [-0.1, -0.05) is 35.9 Å². The van der Waals surface area contributed by atoms with Crippen molar-refractivity contribution in [2.24, 2.45) is 5.92 Å². The molecule has 1 saturated carbocycles. The molecule has 7 heteroatoms. The van der Waals surface area contributed by atoms with Crippen molar-refractivity contribution in [2.75, 3.05) is 30.9 Å². The molecule has 6 nitrogen and oxygen atoms in total. The normalized spacial score (nSPS) is 26.8. The maximum Gasteiger partial charge on any atom is 0.208 e. The Hall–Kier alpha value is -1.96. The molecule has 1 N–H and O–H groups in total. The summed E-state index contributed by atoms with van der Waals surface area (Å²) in [7, 11) is -3.26. The largest absolute Gasteiger partial charge is 0.378 e. The Balaban J connectivity index is 1.34. The average Bonchev–Trinajstić information content (AvgIpc) is 2.78. The average molecular weight is 458 g/mol. The van der Waals surface area contributed by atoms with E-state index >= 15 is 0 Å². The molecule has 2 fully saturated rings. The van der Waals surface area contributed by atoms with Gasteiger partial charge < -0.3 is 9.64 Å². The molecule has 0 amide bonds. The number of aromatic nitrogens is 1. The number of hydrogen-bond acceptors (Lipinski definition) is 5. The van der Waals surface area contributed by atoms with Gasteiger partial charge in [-0.2, -0.15) is 0 Å². The molecule has 1 saturated heterocycles. The van der Waals surface area contributed by atoms with E-state index in [0.29, 0.717) is 12.5 Å². The number of pyridine rings is 1. The number of rotatable bonds is 7. The van der Waals surface area contributed by atoms with E-state index in [1.165, 1.54) is 17.4 Å². The van der Waals surface area contributed by atoms with Crippen LogP contribution in [-0.4, -0.2) is 51.5 Å². The zero-order valence-corrected chi connectivity index (χ0v) is 19.9. The van der Waals surface area contributed by atoms with Crippen LogP contribution in [0.2, 0.25) is 0 Å². The number of sulfonamides is 1. The molecule has 1 aromatic carbocycles. The summed E-state index contributed by atoms with van der Waals surface area (Å²) >= 11 is 0. The quantitative estimate of drug-likeness (QED) is 0.683. The van der Waals surface area contributed by atoms with Gasteiger partial charge in [-0.15, -0.1) is 0 Å². The first-order chi connectivity index (χ1) is 15.4. The van der Waals surface area contributed by atoms with Gasteiger partial charge in [0, 0.05) is 31.2 Å². The topological polar surface area (TPSA) is 71.5 Å². The third-order valence-electron chi connectivity index (χ3n) is 6.81. The van der Waals surface area contributed by atoms with Crippen molar-refractivity contribution in [3.8, 4) is 0 Å². The number of nitrogens with zero attached hydrogens (tertiary/aromatic N) is 2. The van der Waals surface area contributed by atoms with E-state index in [4.69, 9.17) is 4.74 Å². The van der Waals surface area contributed by atoms with Crippen LogP contribution in [0.1, 0.15) is 49.1 Å². The van der Waals surface area contributed by atoms with Crippen LogP contribution in [0.15, 0.2) is 48.7 Å². The predicted octanol–water partition coefficient (Wildman–Crippen LogP) is 3.88. The van der Waals surface area contributed by atoms with E-state index in [-0.39, 0.29) is 18.1 Å². The smallest absolute Gasteiger partial charge is 0.208 e. The van der Waals surface area contributed by atoms with Crippen LogP contribution in [0.25, 0.3) is 0 Å². The van der Waals surface area contributed by atoms with Crippen LogP contribution < -0.4 is 9.62 Å². The lowest BCUT2D eigenvalue weighted by Gasteiger charge is -2.40. The number of piperidine rings is 1. The molecule has 2 heterocycles. The lowest BCUT2D eigenvalue weighted by molar-refractivity contribution is -0.00213. The Morgan fingerprint density at radius 1 is 1.09 bits per heavy atom. The Kier molecular flexibility index (Phi) is 7.48. The minimum absolute atomic E-state index is 0.0926. The minimum atomic E-state index is -3.26. The highest BCUT2D eigenvalue weighted by atomic mass is 32.2. The van der Waals surface area contributed by atoms with Crippen molar-refractivity contribution in [2.45, 2.75) is 57.1 Å². The highest BCUT2D eigenvalue weighted by Crippen LogP contribution is 2.35. The van der Waals surface area contributed by atoms with Gasteiger partial charge in [0.25, 0.3) is 0 Å². The van der Waals surface area contributed by atoms with Crippen LogP contribution in [-0.2, 0) is 14.8 Å². The predicted molar refractivity (Wildman–Crippen MR) is 128 cm³/mol. The Labute approximate surface area is 192 Å². The lowest BCUT2D eigenvalue weighted by Crippen LogP contribution is -2.52. The first kappa shape index (κ1) is 23.2. The van der Waals surface area contributed by atoms with Crippen molar-refractivity contribution in [3.05, 3.63) is 59.8 Å². The number of aryl methyl sites for hydroxylation is 1. The van der Waals surface area contributed by atoms with Crippen molar-refractivity contribution < 1.29 is 13.2 Å². The van der Waals surface area contributed by atoms with Crippen molar-refractivity contribution >= 4 is 15.8 Å². The monoisotopic (exact) mass is 457 g/mol. The summed E-state index contributed by atoms with van der Waals surface area (Å²) in [6, 6.07) is 14.7. The van der Waals surface area contributed by atoms with E-state index in [9.17, 15) is 8.42 Å². The molecule has 32 heavy (non-hydrogen) atoms. The Bertz CT molecular complexity index is 975. The maximum absolute atomic E-state index is 11.9. The second kappa shape index (κ2) is 10.3. The minimum Gasteiger partial charge on any atom is -0.378 e. The highest BCUT2D eigenvalue weighted by Gasteiger charge is 2.33. The van der Waals surface area contributed by atoms with Gasteiger partial charge in [-0.25, -0.2) is 18.1 Å². The van der Waals surface area contributed by atoms with Crippen LogP contribution in [0, 0.1) is 12.8 Å². The fraction of sp³-hybridized carbons (Fsp3) is 0.560. The van der Waals surface area contributed by atoms with E-state index in [1.807, 2.05) is 18.2 Å². The second-order valence-corrected chi connectivity index (χ2v) is 11.2. The molecule has 0 spiro atoms. The summed E-state index contributed by atoms with van der Waals surface area (Å²) in [4.78, 5) is 6.72.